The molecule has 0 amide bonds. The maximum Gasteiger partial charge on any atom is 0.0243 e. The summed E-state index contributed by atoms with van der Waals surface area (Å²) in [6.45, 7) is 0. The Labute approximate surface area is 47.5 Å². The number of allylic oxidation sites excluding steroid dienone is 1. The van der Waals surface area contributed by atoms with Gasteiger partial charge in [-0.05, 0) is 18.4 Å². The van der Waals surface area contributed by atoms with Crippen LogP contribution in [0, 0.1) is 0 Å². The molecule has 1 aliphatic rings. The molecule has 0 aromatic carbocycles. The van der Waals surface area contributed by atoms with E-state index in [0.29, 0.717) is 0 Å². The minimum atomic E-state index is 1.12. The van der Waals surface area contributed by atoms with Gasteiger partial charge in [-0.2, -0.15) is 0 Å². The average molecular weight is 116 g/mol. The molecule has 0 aromatic rings. The van der Waals surface area contributed by atoms with Crippen molar-refractivity contribution in [1.29, 1.82) is 0 Å². The van der Waals surface area contributed by atoms with Crippen molar-refractivity contribution in [3.8, 4) is 0 Å². The van der Waals surface area contributed by atoms with Crippen LogP contribution in [0.25, 0.3) is 0 Å². The SMILES string of the molecule is NN1C=CCCS1. The number of nitrogens with two attached hydrogens (primary N) is 1. The average Bonchev–Trinajstić information content (AvgIpc) is 1.69. The van der Waals surface area contributed by atoms with Gasteiger partial charge in [0.1, 0.15) is 0 Å². The van der Waals surface area contributed by atoms with E-state index in [1.807, 2.05) is 6.20 Å². The largest absolute Gasteiger partial charge is 0.261 e. The molecule has 2 nitrogen and oxygen atoms in total. The molecule has 0 radical (unpaired) electrons. The molecule has 1 rings (SSSR count). The Morgan fingerprint density at radius 1 is 1.71 bits per heavy atom. The van der Waals surface area contributed by atoms with Gasteiger partial charge in [0.05, 0.1) is 0 Å². The van der Waals surface area contributed by atoms with E-state index < -0.39 is 0 Å². The lowest BCUT2D eigenvalue weighted by atomic mass is 10.5. The quantitative estimate of drug-likeness (QED) is 0.373. The molecule has 40 valence electrons. The van der Waals surface area contributed by atoms with Gasteiger partial charge in [-0.25, -0.2) is 5.84 Å². The fourth-order valence-corrected chi connectivity index (χ4v) is 1.07. The molecule has 7 heavy (non-hydrogen) atoms. The van der Waals surface area contributed by atoms with Crippen LogP contribution < -0.4 is 5.84 Å². The summed E-state index contributed by atoms with van der Waals surface area (Å²) in [5.74, 6) is 6.46. The van der Waals surface area contributed by atoms with Crippen LogP contribution in [0.4, 0.5) is 0 Å². The van der Waals surface area contributed by atoms with Crippen LogP contribution in [-0.4, -0.2) is 10.2 Å². The van der Waals surface area contributed by atoms with Crippen LogP contribution in [0.1, 0.15) is 6.42 Å². The molecule has 0 aromatic heterocycles. The number of nitrogens with zero attached hydrogens (tertiary/aromatic N) is 1. The van der Waals surface area contributed by atoms with Crippen LogP contribution in [0.2, 0.25) is 0 Å². The first-order valence-electron chi connectivity index (χ1n) is 2.23. The summed E-state index contributed by atoms with van der Waals surface area (Å²) in [4.78, 5) is 0. The van der Waals surface area contributed by atoms with Crippen molar-refractivity contribution in [2.75, 3.05) is 5.75 Å². The highest BCUT2D eigenvalue weighted by atomic mass is 32.2. The molecular weight excluding hydrogens is 108 g/mol. The second kappa shape index (κ2) is 2.23. The molecular formula is C4H8N2S. The summed E-state index contributed by atoms with van der Waals surface area (Å²) in [7, 11) is 0. The Morgan fingerprint density at radius 3 is 2.86 bits per heavy atom. The Hall–Kier alpha value is -0.150. The molecule has 0 fully saturated rings. The minimum absolute atomic E-state index is 1.12. The molecule has 0 saturated carbocycles. The highest BCUT2D eigenvalue weighted by Gasteiger charge is 1.95. The highest BCUT2D eigenvalue weighted by molar-refractivity contribution is 7.97. The van der Waals surface area contributed by atoms with Crippen molar-refractivity contribution in [3.63, 3.8) is 0 Å². The predicted molar refractivity (Wildman–Crippen MR) is 32.2 cm³/mol. The summed E-state index contributed by atoms with van der Waals surface area (Å²) in [5, 5.41) is 0. The lowest BCUT2D eigenvalue weighted by Crippen LogP contribution is -2.18. The van der Waals surface area contributed by atoms with Crippen molar-refractivity contribution in [2.45, 2.75) is 6.42 Å². The topological polar surface area (TPSA) is 29.3 Å². The first kappa shape index (κ1) is 5.00. The zero-order chi connectivity index (χ0) is 5.11. The lowest BCUT2D eigenvalue weighted by Gasteiger charge is -2.14. The molecule has 0 spiro atoms. The monoisotopic (exact) mass is 116 g/mol. The Morgan fingerprint density at radius 2 is 2.57 bits per heavy atom. The van der Waals surface area contributed by atoms with Crippen molar-refractivity contribution in [2.24, 2.45) is 5.84 Å². The van der Waals surface area contributed by atoms with Gasteiger partial charge in [0, 0.05) is 12.0 Å². The van der Waals surface area contributed by atoms with Gasteiger partial charge in [0.2, 0.25) is 0 Å². The number of hydrazine groups is 1. The zero-order valence-electron chi connectivity index (χ0n) is 4.00. The first-order chi connectivity index (χ1) is 3.39. The maximum atomic E-state index is 5.34. The number of hydrogen-bond donors (Lipinski definition) is 1. The van der Waals surface area contributed by atoms with Crippen molar-refractivity contribution in [3.05, 3.63) is 12.3 Å². The van der Waals surface area contributed by atoms with Gasteiger partial charge in [-0.15, -0.1) is 0 Å². The normalized spacial score (nSPS) is 20.4. The van der Waals surface area contributed by atoms with E-state index in [2.05, 4.69) is 6.08 Å². The van der Waals surface area contributed by atoms with E-state index in [-0.39, 0.29) is 0 Å². The fourth-order valence-electron chi connectivity index (χ4n) is 0.448. The van der Waals surface area contributed by atoms with Crippen LogP contribution in [0.5, 0.6) is 0 Å². The van der Waals surface area contributed by atoms with Gasteiger partial charge in [0.15, 0.2) is 0 Å². The van der Waals surface area contributed by atoms with Crippen molar-refractivity contribution >= 4 is 11.9 Å². The summed E-state index contributed by atoms with van der Waals surface area (Å²) in [6.07, 6.45) is 5.10. The Balaban J connectivity index is 2.36. The van der Waals surface area contributed by atoms with Crippen LogP contribution >= 0.6 is 11.9 Å². The maximum absolute atomic E-state index is 5.34. The fraction of sp³-hybridized carbons (Fsp3) is 0.500. The van der Waals surface area contributed by atoms with E-state index in [9.17, 15) is 0 Å². The Bertz CT molecular complexity index is 81.8. The van der Waals surface area contributed by atoms with Crippen LogP contribution in [0.3, 0.4) is 0 Å². The minimum Gasteiger partial charge on any atom is -0.261 e. The predicted octanol–water partition coefficient (Wildman–Crippen LogP) is 0.728. The zero-order valence-corrected chi connectivity index (χ0v) is 4.82. The lowest BCUT2D eigenvalue weighted by molar-refractivity contribution is 0.659. The number of hydrogen-bond acceptors (Lipinski definition) is 3. The highest BCUT2D eigenvalue weighted by Crippen LogP contribution is 2.11. The molecule has 2 N–H and O–H groups in total. The summed E-state index contributed by atoms with van der Waals surface area (Å²) in [5.41, 5.74) is 0. The molecule has 3 heteroatoms. The third-order valence-electron chi connectivity index (χ3n) is 0.777. The van der Waals surface area contributed by atoms with E-state index in [1.165, 1.54) is 0 Å². The molecule has 1 heterocycles. The molecule has 0 bridgehead atoms. The second-order valence-corrected chi connectivity index (χ2v) is 2.45. The standard InChI is InChI=1S/C4H8N2S/c5-6-3-1-2-4-7-6/h1,3H,2,4-5H2. The van der Waals surface area contributed by atoms with E-state index >= 15 is 0 Å². The Kier molecular flexibility index (Phi) is 1.59. The van der Waals surface area contributed by atoms with Gasteiger partial charge in [-0.3, -0.25) is 4.41 Å². The smallest absolute Gasteiger partial charge is 0.0243 e. The van der Waals surface area contributed by atoms with Gasteiger partial charge in [-0.1, -0.05) is 6.08 Å². The van der Waals surface area contributed by atoms with Crippen molar-refractivity contribution < 1.29 is 0 Å². The second-order valence-electron chi connectivity index (χ2n) is 1.37. The third-order valence-corrected chi connectivity index (χ3v) is 1.62. The molecule has 1 aliphatic heterocycles. The van der Waals surface area contributed by atoms with Crippen LogP contribution in [-0.2, 0) is 0 Å². The summed E-state index contributed by atoms with van der Waals surface area (Å²) in [6, 6.07) is 0. The first-order valence-corrected chi connectivity index (χ1v) is 3.17. The molecule has 0 saturated heterocycles. The van der Waals surface area contributed by atoms with Gasteiger partial charge in [0.25, 0.3) is 0 Å². The molecule has 0 unspecified atom stereocenters. The van der Waals surface area contributed by atoms with E-state index in [4.69, 9.17) is 5.84 Å². The van der Waals surface area contributed by atoms with Crippen molar-refractivity contribution in [1.82, 2.24) is 4.41 Å². The van der Waals surface area contributed by atoms with Gasteiger partial charge >= 0.3 is 0 Å². The summed E-state index contributed by atoms with van der Waals surface area (Å²) < 4.78 is 1.63. The van der Waals surface area contributed by atoms with Crippen LogP contribution in [0.15, 0.2) is 12.3 Å². The molecule has 0 atom stereocenters. The third kappa shape index (κ3) is 1.41. The van der Waals surface area contributed by atoms with Gasteiger partial charge < -0.3 is 0 Å². The van der Waals surface area contributed by atoms with E-state index in [0.717, 1.165) is 12.2 Å². The summed E-state index contributed by atoms with van der Waals surface area (Å²) >= 11 is 1.64. The molecule has 0 aliphatic carbocycles. The van der Waals surface area contributed by atoms with E-state index in [1.54, 1.807) is 16.4 Å². The number of rotatable bonds is 0.